The molecule has 0 unspecified atom stereocenters. The van der Waals surface area contributed by atoms with E-state index in [1.54, 1.807) is 36.0 Å². The Kier molecular flexibility index (Phi) is 6.91. The van der Waals surface area contributed by atoms with E-state index in [-0.39, 0.29) is 28.6 Å². The zero-order valence-electron chi connectivity index (χ0n) is 20.5. The molecular weight excluding hydrogens is 526 g/mol. The maximum Gasteiger partial charge on any atom is 0.422 e. The van der Waals surface area contributed by atoms with Crippen molar-refractivity contribution in [3.05, 3.63) is 83.1 Å². The van der Waals surface area contributed by atoms with Gasteiger partial charge < -0.3 is 9.30 Å². The quantitative estimate of drug-likeness (QED) is 0.268. The average Bonchev–Trinajstić information content (AvgIpc) is 3.51. The molecule has 5 rings (SSSR count). The predicted octanol–water partition coefficient (Wildman–Crippen LogP) is 6.22. The topological polar surface area (TPSA) is 70.7 Å². The van der Waals surface area contributed by atoms with Crippen LogP contribution in [-0.4, -0.2) is 42.1 Å². The summed E-state index contributed by atoms with van der Waals surface area (Å²) in [7, 11) is 0. The Morgan fingerprint density at radius 2 is 1.82 bits per heavy atom. The van der Waals surface area contributed by atoms with E-state index in [1.807, 2.05) is 0 Å². The van der Waals surface area contributed by atoms with Gasteiger partial charge in [0.05, 0.1) is 23.3 Å². The van der Waals surface area contributed by atoms with Crippen LogP contribution < -0.4 is 4.74 Å². The van der Waals surface area contributed by atoms with Gasteiger partial charge in [-0.15, -0.1) is 0 Å². The Morgan fingerprint density at radius 3 is 2.54 bits per heavy atom. The molecule has 0 bridgehead atoms. The Balaban J connectivity index is 1.44. The summed E-state index contributed by atoms with van der Waals surface area (Å²) < 4.78 is 87.5. The number of fused-ring (bicyclic) bond motifs is 1. The maximum absolute atomic E-state index is 13.6. The van der Waals surface area contributed by atoms with Crippen LogP contribution in [0.5, 0.6) is 5.88 Å². The SMILES string of the molecule is Cc1cn(-c2ccc(/C=C/c3nc4n(n3)CCC[C@@H]4c3ccccc3C(F)(F)F)nc2OCC(F)(F)F)cn1. The van der Waals surface area contributed by atoms with E-state index in [1.165, 1.54) is 35.2 Å². The van der Waals surface area contributed by atoms with Crippen LogP contribution in [0.2, 0.25) is 0 Å². The second-order valence-electron chi connectivity index (χ2n) is 9.05. The third-order valence-electron chi connectivity index (χ3n) is 6.16. The van der Waals surface area contributed by atoms with Gasteiger partial charge in [0.15, 0.2) is 12.4 Å². The van der Waals surface area contributed by atoms with Gasteiger partial charge in [0.25, 0.3) is 0 Å². The van der Waals surface area contributed by atoms with Crippen LogP contribution in [0.1, 0.15) is 52.9 Å². The highest BCUT2D eigenvalue weighted by Gasteiger charge is 2.37. The first-order valence-corrected chi connectivity index (χ1v) is 12.0. The van der Waals surface area contributed by atoms with Crippen molar-refractivity contribution in [3.63, 3.8) is 0 Å². The van der Waals surface area contributed by atoms with E-state index in [0.29, 0.717) is 30.9 Å². The van der Waals surface area contributed by atoms with Gasteiger partial charge in [-0.3, -0.25) is 0 Å². The number of halogens is 6. The third kappa shape index (κ3) is 5.96. The van der Waals surface area contributed by atoms with Crippen molar-refractivity contribution >= 4 is 12.2 Å². The molecule has 0 radical (unpaired) electrons. The van der Waals surface area contributed by atoms with Crippen LogP contribution in [0.3, 0.4) is 0 Å². The van der Waals surface area contributed by atoms with Gasteiger partial charge >= 0.3 is 12.4 Å². The number of hydrogen-bond acceptors (Lipinski definition) is 5. The summed E-state index contributed by atoms with van der Waals surface area (Å²) in [4.78, 5) is 12.8. The van der Waals surface area contributed by atoms with Crippen LogP contribution in [0.25, 0.3) is 17.8 Å². The molecule has 0 saturated heterocycles. The number of alkyl halides is 6. The van der Waals surface area contributed by atoms with Crippen molar-refractivity contribution in [2.24, 2.45) is 0 Å². The molecule has 0 spiro atoms. The number of pyridine rings is 1. The number of imidazole rings is 1. The molecule has 4 aromatic rings. The molecule has 4 heterocycles. The Morgan fingerprint density at radius 1 is 1.03 bits per heavy atom. The molecule has 0 saturated carbocycles. The van der Waals surface area contributed by atoms with E-state index in [2.05, 4.69) is 20.1 Å². The lowest BCUT2D eigenvalue weighted by atomic mass is 9.88. The molecule has 0 N–H and O–H groups in total. The molecule has 13 heteroatoms. The summed E-state index contributed by atoms with van der Waals surface area (Å²) in [6.07, 6.45) is -1.86. The lowest BCUT2D eigenvalue weighted by Gasteiger charge is -2.25. The van der Waals surface area contributed by atoms with E-state index in [4.69, 9.17) is 4.74 Å². The monoisotopic (exact) mass is 548 g/mol. The van der Waals surface area contributed by atoms with E-state index in [9.17, 15) is 26.3 Å². The lowest BCUT2D eigenvalue weighted by molar-refractivity contribution is -0.154. The van der Waals surface area contributed by atoms with E-state index in [0.717, 1.165) is 6.07 Å². The van der Waals surface area contributed by atoms with Gasteiger partial charge in [-0.05, 0) is 55.7 Å². The predicted molar refractivity (Wildman–Crippen MR) is 129 cm³/mol. The van der Waals surface area contributed by atoms with Gasteiger partial charge in [0, 0.05) is 18.7 Å². The van der Waals surface area contributed by atoms with Crippen LogP contribution in [0, 0.1) is 6.92 Å². The molecule has 0 fully saturated rings. The molecule has 7 nitrogen and oxygen atoms in total. The first-order chi connectivity index (χ1) is 18.5. The molecule has 0 aliphatic carbocycles. The summed E-state index contributed by atoms with van der Waals surface area (Å²) in [6.45, 7) is 0.721. The highest BCUT2D eigenvalue weighted by molar-refractivity contribution is 5.65. The van der Waals surface area contributed by atoms with Gasteiger partial charge in [-0.25, -0.2) is 19.6 Å². The Labute approximate surface area is 218 Å². The number of nitrogens with zero attached hydrogens (tertiary/aromatic N) is 6. The molecule has 1 aliphatic heterocycles. The normalized spacial score (nSPS) is 16.0. The number of rotatable bonds is 6. The fraction of sp³-hybridized carbons (Fsp3) is 0.308. The van der Waals surface area contributed by atoms with Crippen LogP contribution in [0.4, 0.5) is 26.3 Å². The van der Waals surface area contributed by atoms with Gasteiger partial charge in [0.1, 0.15) is 11.5 Å². The van der Waals surface area contributed by atoms with Crippen LogP contribution >= 0.6 is 0 Å². The number of ether oxygens (including phenoxy) is 1. The molecule has 3 aromatic heterocycles. The largest absolute Gasteiger partial charge is 0.467 e. The minimum Gasteiger partial charge on any atom is -0.467 e. The number of benzene rings is 1. The second kappa shape index (κ2) is 10.2. The zero-order valence-corrected chi connectivity index (χ0v) is 20.5. The Hall–Kier alpha value is -4.16. The highest BCUT2D eigenvalue weighted by atomic mass is 19.4. The summed E-state index contributed by atoms with van der Waals surface area (Å²) >= 11 is 0. The van der Waals surface area contributed by atoms with Crippen molar-refractivity contribution in [2.75, 3.05) is 6.61 Å². The first kappa shape index (κ1) is 26.4. The molecule has 204 valence electrons. The highest BCUT2D eigenvalue weighted by Crippen LogP contribution is 2.40. The van der Waals surface area contributed by atoms with Crippen molar-refractivity contribution in [2.45, 2.75) is 44.6 Å². The zero-order chi connectivity index (χ0) is 27.8. The van der Waals surface area contributed by atoms with Gasteiger partial charge in [0.2, 0.25) is 5.88 Å². The van der Waals surface area contributed by atoms with Gasteiger partial charge in [-0.2, -0.15) is 31.4 Å². The van der Waals surface area contributed by atoms with E-state index >= 15 is 0 Å². The first-order valence-electron chi connectivity index (χ1n) is 12.0. The maximum atomic E-state index is 13.6. The summed E-state index contributed by atoms with van der Waals surface area (Å²) in [5.74, 6) is -0.154. The molecule has 1 aromatic carbocycles. The van der Waals surface area contributed by atoms with Gasteiger partial charge in [-0.1, -0.05) is 18.2 Å². The fourth-order valence-electron chi connectivity index (χ4n) is 4.50. The van der Waals surface area contributed by atoms with Crippen molar-refractivity contribution < 1.29 is 31.1 Å². The smallest absolute Gasteiger partial charge is 0.422 e. The number of aryl methyl sites for hydroxylation is 2. The Bertz CT molecular complexity index is 1500. The third-order valence-corrected chi connectivity index (χ3v) is 6.16. The minimum atomic E-state index is -4.56. The van der Waals surface area contributed by atoms with E-state index < -0.39 is 30.4 Å². The molecule has 1 aliphatic rings. The average molecular weight is 548 g/mol. The van der Waals surface area contributed by atoms with Crippen molar-refractivity contribution in [1.82, 2.24) is 29.3 Å². The summed E-state index contributed by atoms with van der Waals surface area (Å²) in [6, 6.07) is 8.58. The van der Waals surface area contributed by atoms with Crippen LogP contribution in [0.15, 0.2) is 48.9 Å². The van der Waals surface area contributed by atoms with Crippen molar-refractivity contribution in [3.8, 4) is 11.6 Å². The molecular formula is C26H22F6N6O. The minimum absolute atomic E-state index is 0.146. The fourth-order valence-corrected chi connectivity index (χ4v) is 4.50. The summed E-state index contributed by atoms with van der Waals surface area (Å²) in [5, 5.41) is 4.41. The second-order valence-corrected chi connectivity index (χ2v) is 9.05. The molecule has 0 amide bonds. The standard InChI is InChI=1S/C26H22F6N6O/c1-16-13-37(15-33-16)21-10-8-17(34-24(21)39-14-25(27,28)29)9-11-22-35-23-19(6-4-12-38(23)36-22)18-5-2-3-7-20(18)26(30,31)32/h2-3,5,7-11,13,15,19H,4,6,12,14H2,1H3/b11-9+/t19-/m1/s1. The lowest BCUT2D eigenvalue weighted by Crippen LogP contribution is -2.21. The van der Waals surface area contributed by atoms with Crippen LogP contribution in [-0.2, 0) is 12.7 Å². The molecule has 1 atom stereocenters. The number of aromatic nitrogens is 6. The molecule has 39 heavy (non-hydrogen) atoms. The number of hydrogen-bond donors (Lipinski definition) is 0. The van der Waals surface area contributed by atoms with Crippen molar-refractivity contribution in [1.29, 1.82) is 0 Å². The summed E-state index contributed by atoms with van der Waals surface area (Å²) in [5.41, 5.74) is 0.657.